The van der Waals surface area contributed by atoms with E-state index in [1.807, 2.05) is 38.1 Å². The summed E-state index contributed by atoms with van der Waals surface area (Å²) in [7, 11) is 0. The molecule has 0 aliphatic heterocycles. The normalized spacial score (nSPS) is 9.27. The summed E-state index contributed by atoms with van der Waals surface area (Å²) in [4.78, 5) is 15.2. The van der Waals surface area contributed by atoms with E-state index in [1.165, 1.54) is 0 Å². The lowest BCUT2D eigenvalue weighted by atomic mass is 10.0. The second kappa shape index (κ2) is 5.25. The van der Waals surface area contributed by atoms with Crippen LogP contribution in [0.1, 0.15) is 31.1 Å². The molecule has 0 amide bonds. The summed E-state index contributed by atoms with van der Waals surface area (Å²) in [6, 6.07) is 7.53. The van der Waals surface area contributed by atoms with E-state index in [0.717, 1.165) is 16.3 Å². The molecule has 0 aliphatic carbocycles. The molecule has 1 aromatic carbocycles. The summed E-state index contributed by atoms with van der Waals surface area (Å²) in [6.45, 7) is 5.58. The highest BCUT2D eigenvalue weighted by Gasteiger charge is 2.03. The molecule has 2 nitrogen and oxygen atoms in total. The summed E-state index contributed by atoms with van der Waals surface area (Å²) in [5.41, 5.74) is 0.764. The summed E-state index contributed by atoms with van der Waals surface area (Å²) in [5.74, 6) is 0.0943. The van der Waals surface area contributed by atoms with Crippen molar-refractivity contribution in [1.29, 1.82) is 0 Å². The number of carbonyl (C=O) groups is 1. The number of pyridine rings is 1. The van der Waals surface area contributed by atoms with Crippen molar-refractivity contribution in [1.82, 2.24) is 4.98 Å². The molecule has 2 aromatic rings. The van der Waals surface area contributed by atoms with Crippen molar-refractivity contribution >= 4 is 16.6 Å². The number of hydrogen-bond donors (Lipinski definition) is 0. The van der Waals surface area contributed by atoms with Gasteiger partial charge in [0.05, 0.1) is 0 Å². The van der Waals surface area contributed by atoms with Crippen molar-refractivity contribution in [3.05, 3.63) is 42.2 Å². The number of ketones is 1. The quantitative estimate of drug-likeness (QED) is 0.661. The molecule has 0 N–H and O–H groups in total. The molecular weight excluding hydrogens is 186 g/mol. The van der Waals surface area contributed by atoms with Crippen LogP contribution >= 0.6 is 0 Å². The Balaban J connectivity index is 0.000000531. The number of nitrogens with zero attached hydrogens (tertiary/aromatic N) is 1. The Morgan fingerprint density at radius 3 is 2.60 bits per heavy atom. The van der Waals surface area contributed by atoms with Crippen LogP contribution in [0, 0.1) is 0 Å². The van der Waals surface area contributed by atoms with Gasteiger partial charge in [0.25, 0.3) is 0 Å². The molecule has 0 fully saturated rings. The van der Waals surface area contributed by atoms with Crippen molar-refractivity contribution in [3.63, 3.8) is 0 Å². The van der Waals surface area contributed by atoms with Crippen LogP contribution in [0.3, 0.4) is 0 Å². The van der Waals surface area contributed by atoms with Crippen molar-refractivity contribution in [3.8, 4) is 0 Å². The molecule has 0 spiro atoms. The lowest BCUT2D eigenvalue weighted by Gasteiger charge is -2.00. The van der Waals surface area contributed by atoms with Crippen LogP contribution in [0.5, 0.6) is 0 Å². The fourth-order valence-electron chi connectivity index (χ4n) is 1.43. The Bertz CT molecular complexity index is 458. The predicted molar refractivity (Wildman–Crippen MR) is 63.1 cm³/mol. The topological polar surface area (TPSA) is 30.0 Å². The molecule has 1 aromatic heterocycles. The summed E-state index contributed by atoms with van der Waals surface area (Å²) < 4.78 is 0. The molecule has 0 atom stereocenters. The number of rotatable bonds is 1. The molecule has 0 aliphatic rings. The number of benzene rings is 1. The third kappa shape index (κ3) is 2.40. The fourth-order valence-corrected chi connectivity index (χ4v) is 1.43. The minimum atomic E-state index is 0.0943. The third-order valence-electron chi connectivity index (χ3n) is 2.06. The third-order valence-corrected chi connectivity index (χ3v) is 2.06. The lowest BCUT2D eigenvalue weighted by molar-refractivity contribution is 0.101. The highest BCUT2D eigenvalue weighted by molar-refractivity contribution is 6.06. The van der Waals surface area contributed by atoms with Gasteiger partial charge in [-0.2, -0.15) is 0 Å². The Morgan fingerprint density at radius 1 is 1.20 bits per heavy atom. The van der Waals surface area contributed by atoms with E-state index in [9.17, 15) is 4.79 Å². The molecule has 0 unspecified atom stereocenters. The molecule has 1 heterocycles. The Hall–Kier alpha value is -1.70. The summed E-state index contributed by atoms with van der Waals surface area (Å²) in [5, 5.41) is 1.99. The van der Waals surface area contributed by atoms with Gasteiger partial charge in [-0.3, -0.25) is 9.78 Å². The fraction of sp³-hybridized carbons (Fsp3) is 0.231. The van der Waals surface area contributed by atoms with Crippen LogP contribution in [0.25, 0.3) is 10.8 Å². The monoisotopic (exact) mass is 201 g/mol. The smallest absolute Gasteiger partial charge is 0.160 e. The zero-order valence-electron chi connectivity index (χ0n) is 9.32. The number of aromatic nitrogens is 1. The summed E-state index contributed by atoms with van der Waals surface area (Å²) >= 11 is 0. The molecule has 2 rings (SSSR count). The Morgan fingerprint density at radius 2 is 1.93 bits per heavy atom. The molecule has 0 bridgehead atoms. The number of carbonyl (C=O) groups excluding carboxylic acids is 1. The van der Waals surface area contributed by atoms with E-state index in [1.54, 1.807) is 19.3 Å². The van der Waals surface area contributed by atoms with E-state index >= 15 is 0 Å². The van der Waals surface area contributed by atoms with Crippen molar-refractivity contribution < 1.29 is 4.79 Å². The van der Waals surface area contributed by atoms with Crippen LogP contribution in [0.2, 0.25) is 0 Å². The molecule has 78 valence electrons. The molecule has 15 heavy (non-hydrogen) atoms. The number of fused-ring (bicyclic) bond motifs is 1. The van der Waals surface area contributed by atoms with Crippen molar-refractivity contribution in [2.24, 2.45) is 0 Å². The van der Waals surface area contributed by atoms with E-state index in [-0.39, 0.29) is 5.78 Å². The molecule has 0 radical (unpaired) electrons. The predicted octanol–water partition coefficient (Wildman–Crippen LogP) is 3.46. The second-order valence-corrected chi connectivity index (χ2v) is 2.96. The van der Waals surface area contributed by atoms with Crippen LogP contribution in [0.15, 0.2) is 36.7 Å². The van der Waals surface area contributed by atoms with Gasteiger partial charge in [0.1, 0.15) is 0 Å². The maximum absolute atomic E-state index is 11.2. The maximum Gasteiger partial charge on any atom is 0.160 e. The molecular formula is C13H15NO. The van der Waals surface area contributed by atoms with Gasteiger partial charge in [-0.15, -0.1) is 0 Å². The lowest BCUT2D eigenvalue weighted by Crippen LogP contribution is -1.92. The SMILES string of the molecule is CC.CC(=O)c1cccc2cnccc12. The van der Waals surface area contributed by atoms with E-state index in [4.69, 9.17) is 0 Å². The average molecular weight is 201 g/mol. The first-order chi connectivity index (χ1) is 7.29. The minimum absolute atomic E-state index is 0.0943. The Kier molecular flexibility index (Phi) is 3.98. The Labute approximate surface area is 90.0 Å². The maximum atomic E-state index is 11.2. The minimum Gasteiger partial charge on any atom is -0.294 e. The van der Waals surface area contributed by atoms with Crippen LogP contribution in [-0.2, 0) is 0 Å². The zero-order chi connectivity index (χ0) is 11.3. The first-order valence-electron chi connectivity index (χ1n) is 5.13. The zero-order valence-corrected chi connectivity index (χ0v) is 9.32. The van der Waals surface area contributed by atoms with Gasteiger partial charge in [-0.25, -0.2) is 0 Å². The standard InChI is InChI=1S/C11H9NO.C2H6/c1-8(13)10-4-2-3-9-7-12-6-5-11(9)10;1-2/h2-7H,1H3;1-2H3. The van der Waals surface area contributed by atoms with Crippen LogP contribution in [0.4, 0.5) is 0 Å². The van der Waals surface area contributed by atoms with Gasteiger partial charge in [0.2, 0.25) is 0 Å². The van der Waals surface area contributed by atoms with Crippen LogP contribution in [-0.4, -0.2) is 10.8 Å². The van der Waals surface area contributed by atoms with Gasteiger partial charge in [-0.05, 0) is 18.4 Å². The van der Waals surface area contributed by atoms with Crippen LogP contribution < -0.4 is 0 Å². The number of Topliss-reactive ketones (excluding diaryl/α,β-unsaturated/α-hetero) is 1. The van der Waals surface area contributed by atoms with Gasteiger partial charge in [-0.1, -0.05) is 32.0 Å². The molecule has 2 heteroatoms. The van der Waals surface area contributed by atoms with Gasteiger partial charge in [0, 0.05) is 23.3 Å². The van der Waals surface area contributed by atoms with Gasteiger partial charge < -0.3 is 0 Å². The van der Waals surface area contributed by atoms with E-state index in [0.29, 0.717) is 0 Å². The molecule has 0 saturated heterocycles. The summed E-state index contributed by atoms with van der Waals surface area (Å²) in [6.07, 6.45) is 3.47. The average Bonchev–Trinajstić information content (AvgIpc) is 2.31. The highest BCUT2D eigenvalue weighted by Crippen LogP contribution is 2.17. The van der Waals surface area contributed by atoms with Gasteiger partial charge >= 0.3 is 0 Å². The second-order valence-electron chi connectivity index (χ2n) is 2.96. The highest BCUT2D eigenvalue weighted by atomic mass is 16.1. The first-order valence-corrected chi connectivity index (χ1v) is 5.13. The van der Waals surface area contributed by atoms with Crippen molar-refractivity contribution in [2.75, 3.05) is 0 Å². The molecule has 0 saturated carbocycles. The van der Waals surface area contributed by atoms with Gasteiger partial charge in [0.15, 0.2) is 5.78 Å². The van der Waals surface area contributed by atoms with E-state index < -0.39 is 0 Å². The first kappa shape index (κ1) is 11.4. The van der Waals surface area contributed by atoms with Crippen molar-refractivity contribution in [2.45, 2.75) is 20.8 Å². The van der Waals surface area contributed by atoms with E-state index in [2.05, 4.69) is 4.98 Å². The number of hydrogen-bond acceptors (Lipinski definition) is 2. The largest absolute Gasteiger partial charge is 0.294 e.